The van der Waals surface area contributed by atoms with Gasteiger partial charge in [-0.1, -0.05) is 61.5 Å². The molecular weight excluding hydrogens is 1560 g/mol. The minimum absolute atomic E-state index is 0.0417. The summed E-state index contributed by atoms with van der Waals surface area (Å²) in [4.78, 5) is 88.9. The third-order valence-electron chi connectivity index (χ3n) is 24.8. The number of nitrogens with two attached hydrogens (primary N) is 6. The first-order chi connectivity index (χ1) is 59.6. The molecule has 0 radical (unpaired) electrons. The van der Waals surface area contributed by atoms with E-state index in [0.29, 0.717) is 127 Å². The quantitative estimate of drug-likeness (QED) is 0.0589. The predicted octanol–water partition coefficient (Wildman–Crippen LogP) is 12.4. The molecule has 12 N–H and O–H groups in total. The number of hydrogen-bond acceptors (Lipinski definition) is 27. The number of aromatic nitrogens is 18. The molecule has 3 aliphatic rings. The maximum atomic E-state index is 14.2. The van der Waals surface area contributed by atoms with Crippen molar-refractivity contribution in [2.45, 2.75) is 124 Å². The first-order valence-corrected chi connectivity index (χ1v) is 41.5. The van der Waals surface area contributed by atoms with E-state index in [1.54, 1.807) is 0 Å². The van der Waals surface area contributed by atoms with Crippen LogP contribution in [0.2, 0.25) is 0 Å². The molecule has 12 aromatic heterocycles. The van der Waals surface area contributed by atoms with E-state index in [1.165, 1.54) is 19.0 Å². The van der Waals surface area contributed by atoms with E-state index in [2.05, 4.69) is 106 Å². The molecule has 15 heterocycles. The molecule has 3 saturated heterocycles. The van der Waals surface area contributed by atoms with Crippen LogP contribution in [0.5, 0.6) is 0 Å². The summed E-state index contributed by atoms with van der Waals surface area (Å²) in [6.45, 7) is 20.4. The highest BCUT2D eigenvalue weighted by Crippen LogP contribution is 2.39. The second-order valence-electron chi connectivity index (χ2n) is 32.7. The fourth-order valence-corrected chi connectivity index (χ4v) is 18.5. The van der Waals surface area contributed by atoms with E-state index in [4.69, 9.17) is 62.9 Å². The molecule has 3 aliphatic heterocycles. The Kier molecular flexibility index (Phi) is 20.2. The summed E-state index contributed by atoms with van der Waals surface area (Å²) in [5.74, 6) is 0.982. The number of pyridine rings is 3. The summed E-state index contributed by atoms with van der Waals surface area (Å²) < 4.78 is 27.8. The highest BCUT2D eigenvalue weighted by atomic mass is 16.4. The zero-order chi connectivity index (χ0) is 84.9. The fourth-order valence-electron chi connectivity index (χ4n) is 18.5. The Bertz CT molecular complexity index is 7390. The van der Waals surface area contributed by atoms with Gasteiger partial charge in [0.1, 0.15) is 70.1 Å². The van der Waals surface area contributed by atoms with Gasteiger partial charge in [0.25, 0.3) is 34.7 Å². The smallest absolute Gasteiger partial charge is 0.292 e. The Hall–Kier alpha value is -14.3. The average Bonchev–Trinajstić information content (AvgIpc) is 1.75. The van der Waals surface area contributed by atoms with Crippen LogP contribution in [0, 0.1) is 20.8 Å². The Morgan fingerprint density at radius 1 is 0.398 bits per heavy atom. The summed E-state index contributed by atoms with van der Waals surface area (Å²) >= 11 is 0. The molecule has 0 amide bonds. The SMILES string of the molecule is CCN1CCC(n2c(Cn3nc(-c4ccc5oc(N)nc5c4)c4c(N)ncnc43)cc3cccc(C)c3c2=O)CC1.Cc1cccc2cc(Cn3nc(-c4ccc5oc(N)nc5c4)c4c(N)ncnc43)n(C3CCN(C(C)C)CC3)c(=O)c12.Cc1cccc2cc(Cn3nc(-c4ccc5oc(N)nc5c4)c4c(N)ncnc43)n(C3CCN(C)CC3)c(=O)c12. The lowest BCUT2D eigenvalue weighted by atomic mass is 10.0. The van der Waals surface area contributed by atoms with Gasteiger partial charge in [-0.3, -0.25) is 14.4 Å². The van der Waals surface area contributed by atoms with Gasteiger partial charge in [-0.15, -0.1) is 0 Å². The van der Waals surface area contributed by atoms with Crippen molar-refractivity contribution in [1.29, 1.82) is 0 Å². The van der Waals surface area contributed by atoms with Crippen molar-refractivity contribution in [1.82, 2.24) is 103 Å². The molecule has 0 bridgehead atoms. The van der Waals surface area contributed by atoms with Crippen molar-refractivity contribution in [3.05, 3.63) is 211 Å². The third kappa shape index (κ3) is 14.4. The molecule has 33 nitrogen and oxygen atoms in total. The van der Waals surface area contributed by atoms with Crippen molar-refractivity contribution in [3.63, 3.8) is 0 Å². The number of rotatable bonds is 14. The van der Waals surface area contributed by atoms with E-state index in [9.17, 15) is 14.4 Å². The first-order valence-electron chi connectivity index (χ1n) is 41.5. The summed E-state index contributed by atoms with van der Waals surface area (Å²) in [6.07, 6.45) is 9.78. The molecule has 3 fully saturated rings. The van der Waals surface area contributed by atoms with E-state index in [0.717, 1.165) is 167 Å². The van der Waals surface area contributed by atoms with Crippen LogP contribution in [-0.4, -0.2) is 162 Å². The minimum Gasteiger partial charge on any atom is -0.424 e. The standard InChI is InChI=1S/C31H33N9O2.C30H31N9O2.C29H29N9O2/c1-17(2)38-11-9-21(10-12-38)40-22(13-19-6-4-5-18(3)25(19)30(40)41)15-39-29-26(28(32)34-16-35-29)27(37-39)20-7-8-24-23(14-20)36-31(33)42-24;1-3-37-11-9-20(10-12-37)39-21(13-18-6-4-5-17(2)24(18)29(39)40)15-38-28-25(27(31)33-16-34-28)26(36-38)19-7-8-23-22(14-19)35-30(32)41-23;1-16-4-3-5-17-12-20(38(28(39)23(16)17)19-8-10-36(2)11-9-19)14-37-27-24(26(30)32-15-33-27)25(35-37)18-6-7-22-21(13-18)34-29(31)40-22/h4-8,13-14,16-17,21H,9-12,15H2,1-3H3,(H2,33,36)(H2,32,34,35);4-8,13-14,16,20H,3,9-12,15H2,1-2H3,(H2,32,35)(H2,31,33,34);3-7,12-13,15,19H,8-11,14H2,1-2H3,(H2,31,34)(H2,30,32,33). The van der Waals surface area contributed by atoms with Gasteiger partial charge < -0.3 is 76.1 Å². The van der Waals surface area contributed by atoms with Crippen molar-refractivity contribution in [2.24, 2.45) is 0 Å². The van der Waals surface area contributed by atoms with Crippen LogP contribution in [0.3, 0.4) is 0 Å². The van der Waals surface area contributed by atoms with Crippen LogP contribution in [0.15, 0.2) is 174 Å². The number of aryl methyl sites for hydroxylation is 3. The largest absolute Gasteiger partial charge is 0.424 e. The van der Waals surface area contributed by atoms with Gasteiger partial charge in [-0.2, -0.15) is 30.2 Å². The Morgan fingerprint density at radius 2 is 0.715 bits per heavy atom. The lowest BCUT2D eigenvalue weighted by Gasteiger charge is -2.36. The van der Waals surface area contributed by atoms with Crippen LogP contribution < -0.4 is 51.1 Å². The fraction of sp³-hybridized carbons (Fsp3) is 0.300. The number of benzene rings is 6. The van der Waals surface area contributed by atoms with Crippen LogP contribution in [-0.2, 0) is 19.6 Å². The van der Waals surface area contributed by atoms with Gasteiger partial charge >= 0.3 is 0 Å². The number of hydrogen-bond donors (Lipinski definition) is 6. The summed E-state index contributed by atoms with van der Waals surface area (Å²) in [5.41, 5.74) is 51.8. The molecule has 0 aliphatic carbocycles. The predicted molar refractivity (Wildman–Crippen MR) is 479 cm³/mol. The summed E-state index contributed by atoms with van der Waals surface area (Å²) in [6, 6.07) is 42.1. The lowest BCUT2D eigenvalue weighted by molar-refractivity contribution is 0.149. The van der Waals surface area contributed by atoms with Gasteiger partial charge in [0.2, 0.25) is 0 Å². The highest BCUT2D eigenvalue weighted by Gasteiger charge is 2.32. The average molecular weight is 1650 g/mol. The maximum Gasteiger partial charge on any atom is 0.292 e. The van der Waals surface area contributed by atoms with E-state index >= 15 is 0 Å². The van der Waals surface area contributed by atoms with E-state index in [-0.39, 0.29) is 52.8 Å². The maximum absolute atomic E-state index is 14.2. The molecule has 18 aromatic rings. The van der Waals surface area contributed by atoms with Crippen molar-refractivity contribution in [3.8, 4) is 33.8 Å². The van der Waals surface area contributed by atoms with Crippen molar-refractivity contribution in [2.75, 3.05) is 87.3 Å². The van der Waals surface area contributed by atoms with E-state index in [1.807, 2.05) is 158 Å². The molecule has 6 aromatic carbocycles. The number of piperidine rings is 3. The van der Waals surface area contributed by atoms with Gasteiger partial charge in [0.15, 0.2) is 33.7 Å². The van der Waals surface area contributed by atoms with Crippen LogP contribution in [0.25, 0.3) is 132 Å². The van der Waals surface area contributed by atoms with Gasteiger partial charge in [-0.05, 0) is 205 Å². The number of likely N-dealkylation sites (tertiary alicyclic amines) is 3. The van der Waals surface area contributed by atoms with Gasteiger partial charge in [0.05, 0.1) is 52.0 Å². The minimum atomic E-state index is 0.0417. The van der Waals surface area contributed by atoms with Gasteiger partial charge in [-0.25, -0.2) is 43.9 Å². The normalized spacial score (nSPS) is 15.0. The zero-order valence-electron chi connectivity index (χ0n) is 69.3. The second kappa shape index (κ2) is 31.7. The number of fused-ring (bicyclic) bond motifs is 9. The van der Waals surface area contributed by atoms with Gasteiger partial charge in [0, 0.05) is 84.1 Å². The monoisotopic (exact) mass is 1650 g/mol. The number of anilines is 6. The third-order valence-corrected chi connectivity index (χ3v) is 24.8. The van der Waals surface area contributed by atoms with Crippen LogP contribution in [0.1, 0.15) is 111 Å². The summed E-state index contributed by atoms with van der Waals surface area (Å²) in [7, 11) is 2.12. The molecule has 33 heteroatoms. The molecule has 624 valence electrons. The highest BCUT2D eigenvalue weighted by molar-refractivity contribution is 6.02. The first kappa shape index (κ1) is 78.5. The van der Waals surface area contributed by atoms with Crippen molar-refractivity contribution < 1.29 is 13.3 Å². The number of oxazole rings is 3. The second-order valence-corrected chi connectivity index (χ2v) is 32.7. The van der Waals surface area contributed by atoms with Crippen LogP contribution in [0.4, 0.5) is 35.5 Å². The van der Waals surface area contributed by atoms with Crippen LogP contribution >= 0.6 is 0 Å². The topological polar surface area (TPSA) is 441 Å². The van der Waals surface area contributed by atoms with E-state index < -0.39 is 0 Å². The molecule has 21 rings (SSSR count). The Labute approximate surface area is 702 Å². The summed E-state index contributed by atoms with van der Waals surface area (Å²) in [5, 5.41) is 22.0. The molecule has 0 atom stereocenters. The molecule has 0 saturated carbocycles. The number of nitrogens with zero attached hydrogens (tertiary/aromatic N) is 21. The molecular formula is C90H93N27O6. The lowest BCUT2D eigenvalue weighted by Crippen LogP contribution is -2.41. The van der Waals surface area contributed by atoms with Crippen molar-refractivity contribution >= 4 is 134 Å². The molecule has 123 heavy (non-hydrogen) atoms. The molecule has 0 spiro atoms. The number of nitrogen functional groups attached to an aromatic ring is 6. The Morgan fingerprint density at radius 3 is 1.03 bits per heavy atom. The zero-order valence-corrected chi connectivity index (χ0v) is 69.3. The Balaban J connectivity index is 0.000000121. The molecule has 0 unspecified atom stereocenters.